The number of amides is 1. The zero-order valence-corrected chi connectivity index (χ0v) is 19.8. The summed E-state index contributed by atoms with van der Waals surface area (Å²) in [4.78, 5) is 29.7. The lowest BCUT2D eigenvalue weighted by Gasteiger charge is -2.14. The number of aromatic nitrogens is 4. The number of pyridine rings is 1. The Labute approximate surface area is 203 Å². The molecular weight excluding hydrogens is 477 g/mol. The van der Waals surface area contributed by atoms with Crippen molar-refractivity contribution in [2.24, 2.45) is 5.73 Å². The van der Waals surface area contributed by atoms with Crippen LogP contribution < -0.4 is 15.8 Å². The van der Waals surface area contributed by atoms with Crippen molar-refractivity contribution in [1.29, 1.82) is 0 Å². The van der Waals surface area contributed by atoms with Crippen LogP contribution >= 0.6 is 0 Å². The van der Waals surface area contributed by atoms with E-state index in [-0.39, 0.29) is 28.6 Å². The van der Waals surface area contributed by atoms with Crippen molar-refractivity contribution in [2.45, 2.75) is 39.0 Å². The Hall–Kier alpha value is -4.06. The summed E-state index contributed by atoms with van der Waals surface area (Å²) in [5.74, 6) is -0.283. The van der Waals surface area contributed by atoms with Crippen LogP contribution in [0.1, 0.15) is 59.3 Å². The fourth-order valence-electron chi connectivity index (χ4n) is 3.80. The normalized spacial score (nSPS) is 13.4. The van der Waals surface area contributed by atoms with Gasteiger partial charge in [0.15, 0.2) is 11.5 Å². The number of benzene rings is 1. The van der Waals surface area contributed by atoms with E-state index in [1.807, 2.05) is 0 Å². The van der Waals surface area contributed by atoms with Crippen molar-refractivity contribution in [2.75, 3.05) is 7.11 Å². The molecule has 0 aliphatic heterocycles. The summed E-state index contributed by atoms with van der Waals surface area (Å²) in [6, 6.07) is 3.97. The van der Waals surface area contributed by atoms with Crippen molar-refractivity contribution < 1.29 is 27.1 Å². The first-order valence-corrected chi connectivity index (χ1v) is 10.9. The zero-order chi connectivity index (χ0) is 26.2. The number of halogens is 3. The van der Waals surface area contributed by atoms with Crippen molar-refractivity contribution in [3.63, 3.8) is 0 Å². The van der Waals surface area contributed by atoms with E-state index in [1.165, 1.54) is 25.4 Å². The standard InChI is InChI=1S/C24H23F3N6O3/c1-11(28)21-20(22(34)31-13(3)18-12(2)29-9-10-30-18)33-23(36-21)15-5-7-16(35-4)19-14(15)6-8-17(32-19)24(25,26)27/h5-11,13H,28H2,1-4H3,(H,31,34)/t11-,13?/m0/s1. The van der Waals surface area contributed by atoms with Gasteiger partial charge in [-0.1, -0.05) is 0 Å². The molecule has 0 saturated carbocycles. The smallest absolute Gasteiger partial charge is 0.433 e. The van der Waals surface area contributed by atoms with Crippen molar-refractivity contribution in [3.8, 4) is 17.2 Å². The summed E-state index contributed by atoms with van der Waals surface area (Å²) >= 11 is 0. The number of hydrogen-bond acceptors (Lipinski definition) is 8. The monoisotopic (exact) mass is 500 g/mol. The molecule has 0 radical (unpaired) electrons. The van der Waals surface area contributed by atoms with Gasteiger partial charge >= 0.3 is 6.18 Å². The second kappa shape index (κ2) is 9.53. The first-order valence-electron chi connectivity index (χ1n) is 10.9. The third kappa shape index (κ3) is 4.71. The lowest BCUT2D eigenvalue weighted by Crippen LogP contribution is -2.29. The fourth-order valence-corrected chi connectivity index (χ4v) is 3.80. The van der Waals surface area contributed by atoms with E-state index in [0.29, 0.717) is 22.3 Å². The van der Waals surface area contributed by atoms with Crippen LogP contribution in [0.3, 0.4) is 0 Å². The third-order valence-electron chi connectivity index (χ3n) is 5.52. The number of nitrogens with zero attached hydrogens (tertiary/aromatic N) is 4. The number of alkyl halides is 3. The minimum atomic E-state index is -4.64. The molecule has 0 fully saturated rings. The zero-order valence-electron chi connectivity index (χ0n) is 19.8. The average Bonchev–Trinajstić information content (AvgIpc) is 3.28. The van der Waals surface area contributed by atoms with Crippen LogP contribution in [-0.4, -0.2) is 33.0 Å². The minimum absolute atomic E-state index is 0.00463. The Morgan fingerprint density at radius 3 is 2.47 bits per heavy atom. The maximum Gasteiger partial charge on any atom is 0.433 e. The highest BCUT2D eigenvalue weighted by atomic mass is 19.4. The first-order chi connectivity index (χ1) is 17.0. The molecule has 1 aromatic carbocycles. The second-order valence-corrected chi connectivity index (χ2v) is 8.15. The summed E-state index contributed by atoms with van der Waals surface area (Å²) in [6.45, 7) is 5.16. The number of ether oxygens (including phenoxy) is 1. The van der Waals surface area contributed by atoms with Gasteiger partial charge in [0.1, 0.15) is 17.0 Å². The van der Waals surface area contributed by atoms with Crippen LogP contribution in [-0.2, 0) is 6.18 Å². The summed E-state index contributed by atoms with van der Waals surface area (Å²) in [5, 5.41) is 3.12. The first kappa shape index (κ1) is 25.0. The highest BCUT2D eigenvalue weighted by Crippen LogP contribution is 2.37. The topological polar surface area (TPSA) is 129 Å². The number of fused-ring (bicyclic) bond motifs is 1. The number of carbonyl (C=O) groups excluding carboxylic acids is 1. The summed E-state index contributed by atoms with van der Waals surface area (Å²) in [7, 11) is 1.33. The number of hydrogen-bond donors (Lipinski definition) is 2. The SMILES string of the molecule is COc1ccc(-c2nc(C(=O)NC(C)c3nccnc3C)c([C@H](C)N)o2)c2ccc(C(F)(F)F)nc12. The molecule has 1 unspecified atom stereocenters. The van der Waals surface area contributed by atoms with Crippen LogP contribution in [0, 0.1) is 6.92 Å². The summed E-state index contributed by atoms with van der Waals surface area (Å²) in [5.41, 5.74) is 6.48. The van der Waals surface area contributed by atoms with Gasteiger partial charge in [0.2, 0.25) is 5.89 Å². The Balaban J connectivity index is 1.77. The Morgan fingerprint density at radius 1 is 1.11 bits per heavy atom. The Kier molecular flexibility index (Phi) is 6.63. The van der Waals surface area contributed by atoms with Crippen LogP contribution in [0.2, 0.25) is 0 Å². The van der Waals surface area contributed by atoms with Gasteiger partial charge in [0.05, 0.1) is 30.6 Å². The Bertz CT molecular complexity index is 1430. The molecule has 3 N–H and O–H groups in total. The van der Waals surface area contributed by atoms with E-state index < -0.39 is 29.9 Å². The quantitative estimate of drug-likeness (QED) is 0.395. The van der Waals surface area contributed by atoms with Crippen LogP contribution in [0.5, 0.6) is 5.75 Å². The maximum absolute atomic E-state index is 13.3. The highest BCUT2D eigenvalue weighted by molar-refractivity contribution is 5.98. The number of rotatable bonds is 6. The van der Waals surface area contributed by atoms with E-state index >= 15 is 0 Å². The molecule has 2 atom stereocenters. The van der Waals surface area contributed by atoms with Gasteiger partial charge in [-0.15, -0.1) is 0 Å². The van der Waals surface area contributed by atoms with Gasteiger partial charge < -0.3 is 20.2 Å². The molecule has 0 aliphatic carbocycles. The van der Waals surface area contributed by atoms with E-state index in [2.05, 4.69) is 25.3 Å². The van der Waals surface area contributed by atoms with Gasteiger partial charge in [-0.2, -0.15) is 13.2 Å². The summed E-state index contributed by atoms with van der Waals surface area (Å²) < 4.78 is 50.8. The molecule has 12 heteroatoms. The van der Waals surface area contributed by atoms with Gasteiger partial charge in [0, 0.05) is 23.3 Å². The molecule has 9 nitrogen and oxygen atoms in total. The van der Waals surface area contributed by atoms with E-state index in [9.17, 15) is 18.0 Å². The number of methoxy groups -OCH3 is 1. The number of oxazole rings is 1. The number of nitrogens with one attached hydrogen (secondary N) is 1. The van der Waals surface area contributed by atoms with Gasteiger partial charge in [-0.3, -0.25) is 14.8 Å². The molecule has 3 aromatic heterocycles. The maximum atomic E-state index is 13.3. The minimum Gasteiger partial charge on any atom is -0.494 e. The van der Waals surface area contributed by atoms with Gasteiger partial charge in [-0.25, -0.2) is 9.97 Å². The predicted octanol–water partition coefficient (Wildman–Crippen LogP) is 4.53. The highest BCUT2D eigenvalue weighted by Gasteiger charge is 2.33. The number of aryl methyl sites for hydroxylation is 1. The lowest BCUT2D eigenvalue weighted by molar-refractivity contribution is -0.140. The van der Waals surface area contributed by atoms with Crippen LogP contribution in [0.15, 0.2) is 41.1 Å². The summed E-state index contributed by atoms with van der Waals surface area (Å²) in [6.07, 6.45) is -1.56. The fraction of sp³-hybridized carbons (Fsp3) is 0.292. The molecular formula is C24H23F3N6O3. The lowest BCUT2D eigenvalue weighted by atomic mass is 10.1. The molecule has 188 valence electrons. The molecule has 1 amide bonds. The van der Waals surface area contributed by atoms with Crippen LogP contribution in [0.4, 0.5) is 13.2 Å². The molecule has 36 heavy (non-hydrogen) atoms. The van der Waals surface area contributed by atoms with Crippen molar-refractivity contribution in [3.05, 3.63) is 65.2 Å². The van der Waals surface area contributed by atoms with Gasteiger partial charge in [0.25, 0.3) is 5.91 Å². The molecule has 0 aliphatic rings. The van der Waals surface area contributed by atoms with E-state index in [0.717, 1.165) is 6.07 Å². The number of carbonyl (C=O) groups is 1. The van der Waals surface area contributed by atoms with Crippen molar-refractivity contribution >= 4 is 16.8 Å². The molecule has 4 aromatic rings. The third-order valence-corrected chi connectivity index (χ3v) is 5.52. The average molecular weight is 500 g/mol. The molecule has 4 rings (SSSR count). The molecule has 0 saturated heterocycles. The van der Waals surface area contributed by atoms with E-state index in [4.69, 9.17) is 14.9 Å². The van der Waals surface area contributed by atoms with Crippen LogP contribution in [0.25, 0.3) is 22.4 Å². The Morgan fingerprint density at radius 2 is 1.83 bits per heavy atom. The second-order valence-electron chi connectivity index (χ2n) is 8.15. The van der Waals surface area contributed by atoms with E-state index in [1.54, 1.807) is 33.0 Å². The largest absolute Gasteiger partial charge is 0.494 e. The molecule has 3 heterocycles. The van der Waals surface area contributed by atoms with Gasteiger partial charge in [-0.05, 0) is 45.0 Å². The number of nitrogens with two attached hydrogens (primary N) is 1. The molecule has 0 spiro atoms. The van der Waals surface area contributed by atoms with Crippen molar-refractivity contribution in [1.82, 2.24) is 25.3 Å². The predicted molar refractivity (Wildman–Crippen MR) is 124 cm³/mol. The molecule has 0 bridgehead atoms.